The van der Waals surface area contributed by atoms with Crippen LogP contribution in [0.5, 0.6) is 0 Å². The smallest absolute Gasteiger partial charge is 0.314 e. The van der Waals surface area contributed by atoms with Crippen LogP contribution in [0.3, 0.4) is 0 Å². The van der Waals surface area contributed by atoms with E-state index in [-0.39, 0.29) is 24.4 Å². The molecule has 12 heavy (non-hydrogen) atoms. The first-order valence-electron chi connectivity index (χ1n) is 3.68. The van der Waals surface area contributed by atoms with Crippen LogP contribution in [0.2, 0.25) is 0 Å². The molecule has 0 bridgehead atoms. The van der Waals surface area contributed by atoms with Crippen LogP contribution < -0.4 is 10.6 Å². The normalized spacial score (nSPS) is 33.5. The summed E-state index contributed by atoms with van der Waals surface area (Å²) in [4.78, 5) is 25.2. The molecule has 0 saturated carbocycles. The fourth-order valence-electron chi connectivity index (χ4n) is 1.57. The van der Waals surface area contributed by atoms with Crippen molar-refractivity contribution in [2.75, 3.05) is 14.1 Å². The van der Waals surface area contributed by atoms with Crippen molar-refractivity contribution in [1.29, 1.82) is 0 Å². The quantitative estimate of drug-likeness (QED) is 0.487. The van der Waals surface area contributed by atoms with Gasteiger partial charge in [0.15, 0.2) is 0 Å². The van der Waals surface area contributed by atoms with Crippen molar-refractivity contribution < 1.29 is 9.59 Å². The number of carbonyl (C=O) groups excluding carboxylic acids is 2. The summed E-state index contributed by atoms with van der Waals surface area (Å²) >= 11 is 0. The Kier molecular flexibility index (Phi) is 1.22. The topological polar surface area (TPSA) is 64.7 Å². The predicted octanol–water partition coefficient (Wildman–Crippen LogP) is -1.05. The Labute approximate surface area is 69.5 Å². The highest BCUT2D eigenvalue weighted by molar-refractivity contribution is 5.84. The maximum absolute atomic E-state index is 11.3. The summed E-state index contributed by atoms with van der Waals surface area (Å²) in [6.45, 7) is 0. The van der Waals surface area contributed by atoms with Crippen molar-refractivity contribution in [2.45, 2.75) is 12.3 Å². The lowest BCUT2D eigenvalue weighted by atomic mass is 10.4. The standard InChI is InChI=1S/C6H10N4O2/c1-9-3-4(8-5(11)7-3)10(2)6(9)12/h3-4H,1-2H3,(H2,7,8,11)/t3-,4-/m0/s1. The molecular weight excluding hydrogens is 160 g/mol. The van der Waals surface area contributed by atoms with Gasteiger partial charge < -0.3 is 20.4 Å². The van der Waals surface area contributed by atoms with E-state index in [2.05, 4.69) is 10.6 Å². The summed E-state index contributed by atoms with van der Waals surface area (Å²) in [6.07, 6.45) is -0.454. The zero-order valence-corrected chi connectivity index (χ0v) is 6.87. The van der Waals surface area contributed by atoms with Crippen LogP contribution >= 0.6 is 0 Å². The molecule has 6 nitrogen and oxygen atoms in total. The van der Waals surface area contributed by atoms with Gasteiger partial charge in [0.2, 0.25) is 0 Å². The molecule has 4 amide bonds. The third-order valence-electron chi connectivity index (χ3n) is 2.29. The molecule has 2 fully saturated rings. The number of hydrogen-bond acceptors (Lipinski definition) is 2. The van der Waals surface area contributed by atoms with Crippen LogP contribution in [-0.2, 0) is 0 Å². The summed E-state index contributed by atoms with van der Waals surface area (Å²) < 4.78 is 0. The highest BCUT2D eigenvalue weighted by atomic mass is 16.2. The Morgan fingerprint density at radius 3 is 1.92 bits per heavy atom. The van der Waals surface area contributed by atoms with Crippen molar-refractivity contribution in [3.05, 3.63) is 0 Å². The number of carbonyl (C=O) groups is 2. The molecule has 2 heterocycles. The minimum atomic E-state index is -0.227. The van der Waals surface area contributed by atoms with Gasteiger partial charge in [0, 0.05) is 14.1 Å². The zero-order chi connectivity index (χ0) is 8.88. The molecule has 0 unspecified atom stereocenters. The Bertz CT molecular complexity index is 232. The molecule has 0 aromatic heterocycles. The monoisotopic (exact) mass is 170 g/mol. The van der Waals surface area contributed by atoms with Crippen molar-refractivity contribution in [1.82, 2.24) is 20.4 Å². The van der Waals surface area contributed by atoms with Gasteiger partial charge in [-0.3, -0.25) is 0 Å². The first-order valence-corrected chi connectivity index (χ1v) is 3.68. The van der Waals surface area contributed by atoms with E-state index in [1.54, 1.807) is 14.1 Å². The molecule has 2 aliphatic heterocycles. The highest BCUT2D eigenvalue weighted by Gasteiger charge is 2.47. The Morgan fingerprint density at radius 1 is 1.08 bits per heavy atom. The van der Waals surface area contributed by atoms with Gasteiger partial charge in [-0.1, -0.05) is 0 Å². The van der Waals surface area contributed by atoms with E-state index >= 15 is 0 Å². The van der Waals surface area contributed by atoms with Crippen LogP contribution in [0.4, 0.5) is 9.59 Å². The summed E-state index contributed by atoms with van der Waals surface area (Å²) in [7, 11) is 3.33. The Hall–Kier alpha value is -1.46. The molecule has 0 aromatic rings. The third-order valence-corrected chi connectivity index (χ3v) is 2.29. The number of amides is 4. The Morgan fingerprint density at radius 2 is 1.50 bits per heavy atom. The third kappa shape index (κ3) is 0.689. The molecule has 2 atom stereocenters. The van der Waals surface area contributed by atoms with E-state index in [0.29, 0.717) is 0 Å². The summed E-state index contributed by atoms with van der Waals surface area (Å²) in [6, 6.07) is -0.311. The lowest BCUT2D eigenvalue weighted by Crippen LogP contribution is -2.41. The summed E-state index contributed by atoms with van der Waals surface area (Å²) in [5, 5.41) is 5.28. The largest absolute Gasteiger partial charge is 0.323 e. The fourth-order valence-corrected chi connectivity index (χ4v) is 1.57. The van der Waals surface area contributed by atoms with Gasteiger partial charge in [-0.05, 0) is 0 Å². The van der Waals surface area contributed by atoms with Gasteiger partial charge in [-0.2, -0.15) is 0 Å². The summed E-state index contributed by atoms with van der Waals surface area (Å²) in [5.41, 5.74) is 0. The molecule has 0 aromatic carbocycles. The van der Waals surface area contributed by atoms with Crippen molar-refractivity contribution in [3.63, 3.8) is 0 Å². The average molecular weight is 170 g/mol. The number of nitrogens with zero attached hydrogens (tertiary/aromatic N) is 2. The lowest BCUT2D eigenvalue weighted by molar-refractivity contribution is 0.193. The van der Waals surface area contributed by atoms with Gasteiger partial charge >= 0.3 is 12.1 Å². The van der Waals surface area contributed by atoms with E-state index in [0.717, 1.165) is 0 Å². The fraction of sp³-hybridized carbons (Fsp3) is 0.667. The second-order valence-electron chi connectivity index (χ2n) is 3.01. The number of likely N-dealkylation sites (N-methyl/N-ethyl adjacent to an activating group) is 2. The molecule has 66 valence electrons. The van der Waals surface area contributed by atoms with Crippen LogP contribution in [0.1, 0.15) is 0 Å². The maximum Gasteiger partial charge on any atom is 0.323 e. The zero-order valence-electron chi connectivity index (χ0n) is 6.87. The predicted molar refractivity (Wildman–Crippen MR) is 40.2 cm³/mol. The molecule has 0 radical (unpaired) electrons. The molecule has 0 aliphatic carbocycles. The Balaban J connectivity index is 2.26. The second-order valence-corrected chi connectivity index (χ2v) is 3.01. The summed E-state index contributed by atoms with van der Waals surface area (Å²) in [5.74, 6) is 0. The van der Waals surface area contributed by atoms with Gasteiger partial charge in [0.25, 0.3) is 0 Å². The molecule has 2 N–H and O–H groups in total. The van der Waals surface area contributed by atoms with Gasteiger partial charge in [-0.15, -0.1) is 0 Å². The van der Waals surface area contributed by atoms with E-state index in [1.165, 1.54) is 9.80 Å². The molecular formula is C6H10N4O2. The molecule has 2 saturated heterocycles. The number of urea groups is 2. The van der Waals surface area contributed by atoms with E-state index in [1.807, 2.05) is 0 Å². The van der Waals surface area contributed by atoms with Crippen LogP contribution in [0, 0.1) is 0 Å². The number of nitrogens with one attached hydrogen (secondary N) is 2. The van der Waals surface area contributed by atoms with Crippen LogP contribution in [0.25, 0.3) is 0 Å². The van der Waals surface area contributed by atoms with Crippen LogP contribution in [-0.4, -0.2) is 48.3 Å². The molecule has 6 heteroatoms. The van der Waals surface area contributed by atoms with Crippen LogP contribution in [0.15, 0.2) is 0 Å². The lowest BCUT2D eigenvalue weighted by Gasteiger charge is -2.14. The first-order chi connectivity index (χ1) is 5.61. The minimum Gasteiger partial charge on any atom is -0.314 e. The van der Waals surface area contributed by atoms with Gasteiger partial charge in [0.1, 0.15) is 12.3 Å². The second kappa shape index (κ2) is 2.02. The van der Waals surface area contributed by atoms with Crippen molar-refractivity contribution >= 4 is 12.1 Å². The van der Waals surface area contributed by atoms with Gasteiger partial charge in [-0.25, -0.2) is 9.59 Å². The molecule has 2 rings (SSSR count). The van der Waals surface area contributed by atoms with Gasteiger partial charge in [0.05, 0.1) is 0 Å². The number of hydrogen-bond donors (Lipinski definition) is 2. The molecule has 0 spiro atoms. The number of fused-ring (bicyclic) bond motifs is 1. The maximum atomic E-state index is 11.3. The van der Waals surface area contributed by atoms with E-state index in [9.17, 15) is 9.59 Å². The first kappa shape index (κ1) is 7.20. The number of rotatable bonds is 0. The van der Waals surface area contributed by atoms with E-state index in [4.69, 9.17) is 0 Å². The SMILES string of the molecule is CN1C(=O)N(C)[C@@H]2NC(=O)N[C@H]21. The molecule has 2 aliphatic rings. The average Bonchev–Trinajstić information content (AvgIpc) is 2.49. The van der Waals surface area contributed by atoms with Crippen molar-refractivity contribution in [2.24, 2.45) is 0 Å². The van der Waals surface area contributed by atoms with E-state index < -0.39 is 0 Å². The highest BCUT2D eigenvalue weighted by Crippen LogP contribution is 2.18. The minimum absolute atomic E-state index is 0.0856. The van der Waals surface area contributed by atoms with Crippen molar-refractivity contribution in [3.8, 4) is 0 Å².